The molecule has 0 N–H and O–H groups in total. The third-order valence-corrected chi connectivity index (χ3v) is 8.98. The second-order valence-corrected chi connectivity index (χ2v) is 14.4. The predicted octanol–water partition coefficient (Wildman–Crippen LogP) is 7.33. The van der Waals surface area contributed by atoms with Gasteiger partial charge in [-0.25, -0.2) is 8.42 Å². The molecule has 5 heteroatoms. The van der Waals surface area contributed by atoms with Crippen LogP contribution in [-0.4, -0.2) is 31.6 Å². The average Bonchev–Trinajstić information content (AvgIpc) is 2.86. The lowest BCUT2D eigenvalue weighted by Gasteiger charge is -2.29. The molecule has 0 aromatic heterocycles. The Balaban J connectivity index is 1.75. The van der Waals surface area contributed by atoms with Crippen molar-refractivity contribution in [2.45, 2.75) is 64.2 Å². The molecule has 0 aliphatic carbocycles. The van der Waals surface area contributed by atoms with Crippen molar-refractivity contribution >= 4 is 28.0 Å². The van der Waals surface area contributed by atoms with E-state index in [0.29, 0.717) is 11.1 Å². The third kappa shape index (κ3) is 6.66. The fourth-order valence-corrected chi connectivity index (χ4v) is 5.99. The minimum Gasteiger partial charge on any atom is -0.289 e. The van der Waals surface area contributed by atoms with E-state index < -0.39 is 10.0 Å². The van der Waals surface area contributed by atoms with E-state index in [2.05, 4.69) is 65.8 Å². The minimum atomic E-state index is -3.81. The molecule has 1 fully saturated rings. The van der Waals surface area contributed by atoms with Crippen LogP contribution in [0.15, 0.2) is 88.8 Å². The van der Waals surface area contributed by atoms with Crippen LogP contribution < -0.4 is 0 Å². The van der Waals surface area contributed by atoms with Crippen molar-refractivity contribution in [2.75, 3.05) is 13.1 Å². The Bertz CT molecular complexity index is 1430. The van der Waals surface area contributed by atoms with Gasteiger partial charge in [-0.3, -0.25) is 4.79 Å². The largest absolute Gasteiger partial charge is 0.289 e. The predicted molar refractivity (Wildman–Crippen MR) is 161 cm³/mol. The first-order chi connectivity index (χ1) is 18.1. The number of Topliss-reactive ketones (excluding diaryl/α,β-unsaturated/α-hetero) is 1. The van der Waals surface area contributed by atoms with Crippen LogP contribution in [0.5, 0.6) is 0 Å². The van der Waals surface area contributed by atoms with E-state index in [4.69, 9.17) is 0 Å². The number of sulfonamides is 1. The van der Waals surface area contributed by atoms with Crippen molar-refractivity contribution in [3.8, 4) is 0 Å². The van der Waals surface area contributed by atoms with E-state index >= 15 is 0 Å². The SMILES string of the molecule is Cc1ccc(S(=O)(=O)N2C/C(=C\c3ccc(C(C)(C)C)cc3)C(=O)/C(=C/c3ccc(C(C)(C)C)cc3)C2)cc1. The van der Waals surface area contributed by atoms with Crippen LogP contribution in [0.3, 0.4) is 0 Å². The maximum Gasteiger partial charge on any atom is 0.243 e. The third-order valence-electron chi connectivity index (χ3n) is 7.17. The molecule has 4 nitrogen and oxygen atoms in total. The first-order valence-corrected chi connectivity index (χ1v) is 14.8. The molecule has 1 aliphatic rings. The number of aryl methyl sites for hydroxylation is 1. The van der Waals surface area contributed by atoms with Crippen LogP contribution in [0.4, 0.5) is 0 Å². The molecule has 204 valence electrons. The summed E-state index contributed by atoms with van der Waals surface area (Å²) in [6, 6.07) is 23.1. The lowest BCUT2D eigenvalue weighted by atomic mass is 9.86. The van der Waals surface area contributed by atoms with Crippen LogP contribution in [0, 0.1) is 6.92 Å². The lowest BCUT2D eigenvalue weighted by molar-refractivity contribution is -0.113. The number of hydrogen-bond acceptors (Lipinski definition) is 3. The Morgan fingerprint density at radius 2 is 1.03 bits per heavy atom. The van der Waals surface area contributed by atoms with E-state index in [1.165, 1.54) is 15.4 Å². The Labute approximate surface area is 234 Å². The molecule has 0 amide bonds. The zero-order chi connectivity index (χ0) is 28.6. The van der Waals surface area contributed by atoms with Gasteiger partial charge in [-0.05, 0) is 64.3 Å². The van der Waals surface area contributed by atoms with Gasteiger partial charge in [0, 0.05) is 24.2 Å². The zero-order valence-corrected chi connectivity index (χ0v) is 24.9. The molecule has 0 radical (unpaired) electrons. The van der Waals surface area contributed by atoms with Gasteiger partial charge < -0.3 is 0 Å². The van der Waals surface area contributed by atoms with E-state index in [9.17, 15) is 13.2 Å². The van der Waals surface area contributed by atoms with Crippen LogP contribution in [0.2, 0.25) is 0 Å². The molecule has 1 aliphatic heterocycles. The van der Waals surface area contributed by atoms with Crippen molar-refractivity contribution in [1.29, 1.82) is 0 Å². The van der Waals surface area contributed by atoms with E-state index in [1.807, 2.05) is 43.3 Å². The van der Waals surface area contributed by atoms with Crippen molar-refractivity contribution < 1.29 is 13.2 Å². The molecule has 1 saturated heterocycles. The first-order valence-electron chi connectivity index (χ1n) is 13.4. The zero-order valence-electron chi connectivity index (χ0n) is 24.1. The Morgan fingerprint density at radius 3 is 1.38 bits per heavy atom. The van der Waals surface area contributed by atoms with E-state index in [0.717, 1.165) is 16.7 Å². The number of nitrogens with zero attached hydrogens (tertiary/aromatic N) is 1. The summed E-state index contributed by atoms with van der Waals surface area (Å²) in [5.41, 5.74) is 6.07. The summed E-state index contributed by atoms with van der Waals surface area (Å²) in [5, 5.41) is 0. The van der Waals surface area contributed by atoms with Crippen molar-refractivity contribution in [2.24, 2.45) is 0 Å². The molecule has 0 bridgehead atoms. The maximum atomic E-state index is 13.7. The summed E-state index contributed by atoms with van der Waals surface area (Å²) in [6.07, 6.45) is 3.64. The summed E-state index contributed by atoms with van der Waals surface area (Å²) < 4.78 is 28.7. The first kappa shape index (κ1) is 28.7. The molecule has 39 heavy (non-hydrogen) atoms. The number of hydrogen-bond donors (Lipinski definition) is 0. The van der Waals surface area contributed by atoms with Crippen molar-refractivity contribution in [3.05, 3.63) is 112 Å². The molecular formula is C34H39NO3S. The van der Waals surface area contributed by atoms with Crippen molar-refractivity contribution in [1.82, 2.24) is 4.31 Å². The second kappa shape index (κ2) is 10.7. The van der Waals surface area contributed by atoms with Crippen molar-refractivity contribution in [3.63, 3.8) is 0 Å². The molecule has 0 unspecified atom stereocenters. The van der Waals surface area contributed by atoms with Gasteiger partial charge in [-0.1, -0.05) is 108 Å². The van der Waals surface area contributed by atoms with Crippen LogP contribution in [0.25, 0.3) is 12.2 Å². The van der Waals surface area contributed by atoms with Gasteiger partial charge in [0.05, 0.1) is 4.90 Å². The summed E-state index contributed by atoms with van der Waals surface area (Å²) in [6.45, 7) is 14.9. The van der Waals surface area contributed by atoms with Gasteiger partial charge in [0.15, 0.2) is 5.78 Å². The van der Waals surface area contributed by atoms with Gasteiger partial charge in [-0.15, -0.1) is 0 Å². The molecular weight excluding hydrogens is 502 g/mol. The number of carbonyl (C=O) groups excluding carboxylic acids is 1. The lowest BCUT2D eigenvalue weighted by Crippen LogP contribution is -2.41. The average molecular weight is 542 g/mol. The molecule has 0 saturated carbocycles. The Hall–Kier alpha value is -3.28. The normalized spacial score (nSPS) is 17.7. The highest BCUT2D eigenvalue weighted by molar-refractivity contribution is 7.89. The minimum absolute atomic E-state index is 0.0176. The van der Waals surface area contributed by atoms with Gasteiger partial charge in [0.1, 0.15) is 0 Å². The highest BCUT2D eigenvalue weighted by Crippen LogP contribution is 2.29. The highest BCUT2D eigenvalue weighted by Gasteiger charge is 2.34. The molecule has 1 heterocycles. The van der Waals surface area contributed by atoms with E-state index in [-0.39, 0.29) is 34.6 Å². The fraction of sp³-hybridized carbons (Fsp3) is 0.324. The number of ketones is 1. The monoisotopic (exact) mass is 541 g/mol. The quantitative estimate of drug-likeness (QED) is 0.325. The van der Waals surface area contributed by atoms with Gasteiger partial charge >= 0.3 is 0 Å². The molecule has 3 aromatic carbocycles. The van der Waals surface area contributed by atoms with Gasteiger partial charge in [-0.2, -0.15) is 4.31 Å². The summed E-state index contributed by atoms with van der Waals surface area (Å²) in [4.78, 5) is 13.9. The van der Waals surface area contributed by atoms with Gasteiger partial charge in [0.2, 0.25) is 10.0 Å². The topological polar surface area (TPSA) is 54.5 Å². The summed E-state index contributed by atoms with van der Waals surface area (Å²) in [5.74, 6) is -0.120. The highest BCUT2D eigenvalue weighted by atomic mass is 32.2. The second-order valence-electron chi connectivity index (χ2n) is 12.5. The smallest absolute Gasteiger partial charge is 0.243 e. The molecule has 0 atom stereocenters. The number of benzene rings is 3. The molecule has 3 aromatic rings. The van der Waals surface area contributed by atoms with Crippen LogP contribution >= 0.6 is 0 Å². The molecule has 4 rings (SSSR count). The van der Waals surface area contributed by atoms with Crippen LogP contribution in [-0.2, 0) is 25.6 Å². The van der Waals surface area contributed by atoms with Crippen LogP contribution in [0.1, 0.15) is 69.4 Å². The van der Waals surface area contributed by atoms with Gasteiger partial charge in [0.25, 0.3) is 0 Å². The number of rotatable bonds is 4. The summed E-state index contributed by atoms with van der Waals surface area (Å²) in [7, 11) is -3.81. The standard InChI is InChI=1S/C34H39NO3S/c1-24-8-18-31(19-9-24)39(37,38)35-22-27(20-25-10-14-29(15-11-25)33(2,3)4)32(36)28(23-35)21-26-12-16-30(17-13-26)34(5,6)7/h8-21H,22-23H2,1-7H3/b27-20+,28-21+. The Morgan fingerprint density at radius 1 is 0.641 bits per heavy atom. The van der Waals surface area contributed by atoms with E-state index in [1.54, 1.807) is 24.3 Å². The number of carbonyl (C=O) groups is 1. The number of piperidine rings is 1. The Kier molecular flexibility index (Phi) is 7.89. The molecule has 0 spiro atoms. The maximum absolute atomic E-state index is 13.7. The summed E-state index contributed by atoms with van der Waals surface area (Å²) >= 11 is 0. The fourth-order valence-electron chi connectivity index (χ4n) is 4.60.